The van der Waals surface area contributed by atoms with Gasteiger partial charge in [-0.15, -0.1) is 0 Å². The normalized spacial score (nSPS) is 16.7. The minimum atomic E-state index is -0.0317. The van der Waals surface area contributed by atoms with Gasteiger partial charge in [-0.25, -0.2) is 0 Å². The van der Waals surface area contributed by atoms with Gasteiger partial charge < -0.3 is 19.4 Å². The van der Waals surface area contributed by atoms with E-state index in [0.717, 1.165) is 11.4 Å². The molecule has 10 nitrogen and oxygen atoms in total. The Morgan fingerprint density at radius 3 is 2.19 bits per heavy atom. The molecule has 0 bridgehead atoms. The summed E-state index contributed by atoms with van der Waals surface area (Å²) >= 11 is 0. The number of carbonyl (C=O) groups is 2. The van der Waals surface area contributed by atoms with Crippen LogP contribution in [0.5, 0.6) is 5.75 Å². The molecular weight excluding hydrogens is 458 g/mol. The van der Waals surface area contributed by atoms with E-state index in [4.69, 9.17) is 4.74 Å². The van der Waals surface area contributed by atoms with Crippen molar-refractivity contribution in [3.8, 4) is 11.4 Å². The SMILES string of the molecule is O=C(CCOc1ccccc1)N1CCC(C(=O)N2CCN(c3nnnn3-c3ccccc3)CC2)CC1. The van der Waals surface area contributed by atoms with E-state index in [1.165, 1.54) is 0 Å². The lowest BCUT2D eigenvalue weighted by Crippen LogP contribution is -2.52. The van der Waals surface area contributed by atoms with Crippen molar-refractivity contribution in [2.45, 2.75) is 19.3 Å². The Labute approximate surface area is 210 Å². The van der Waals surface area contributed by atoms with Crippen molar-refractivity contribution in [2.24, 2.45) is 5.92 Å². The summed E-state index contributed by atoms with van der Waals surface area (Å²) in [5.74, 6) is 1.71. The Kier molecular flexibility index (Phi) is 7.39. The van der Waals surface area contributed by atoms with Crippen LogP contribution in [0.4, 0.5) is 5.95 Å². The number of likely N-dealkylation sites (tertiary alicyclic amines) is 1. The summed E-state index contributed by atoms with van der Waals surface area (Å²) in [5.41, 5.74) is 0.906. The molecule has 3 heterocycles. The smallest absolute Gasteiger partial charge is 0.250 e. The standard InChI is InChI=1S/C26H31N7O3/c34-24(13-20-36-23-9-5-2-6-10-23)30-14-11-21(12-15-30)25(35)31-16-18-32(19-17-31)26-27-28-29-33(26)22-7-3-1-4-8-22/h1-10,21H,11-20H2. The number of rotatable bonds is 7. The zero-order valence-electron chi connectivity index (χ0n) is 20.3. The summed E-state index contributed by atoms with van der Waals surface area (Å²) in [5, 5.41) is 12.2. The maximum absolute atomic E-state index is 13.2. The van der Waals surface area contributed by atoms with Gasteiger partial charge in [0, 0.05) is 45.2 Å². The molecule has 0 N–H and O–H groups in total. The minimum Gasteiger partial charge on any atom is -0.493 e. The van der Waals surface area contributed by atoms with Crippen LogP contribution in [0.2, 0.25) is 0 Å². The lowest BCUT2D eigenvalue weighted by molar-refractivity contribution is -0.141. The van der Waals surface area contributed by atoms with Gasteiger partial charge in [-0.3, -0.25) is 9.59 Å². The number of hydrogen-bond donors (Lipinski definition) is 0. The third-order valence-electron chi connectivity index (χ3n) is 6.85. The van der Waals surface area contributed by atoms with Gasteiger partial charge in [0.15, 0.2) is 0 Å². The molecule has 2 saturated heterocycles. The van der Waals surface area contributed by atoms with Crippen LogP contribution >= 0.6 is 0 Å². The van der Waals surface area contributed by atoms with Crippen LogP contribution in [0.3, 0.4) is 0 Å². The number of anilines is 1. The molecule has 10 heteroatoms. The molecule has 2 amide bonds. The third kappa shape index (κ3) is 5.48. The summed E-state index contributed by atoms with van der Waals surface area (Å²) in [4.78, 5) is 31.7. The fraction of sp³-hybridized carbons (Fsp3) is 0.423. The summed E-state index contributed by atoms with van der Waals surface area (Å²) in [6.45, 7) is 4.22. The van der Waals surface area contributed by atoms with E-state index in [9.17, 15) is 9.59 Å². The number of aromatic nitrogens is 4. The van der Waals surface area contributed by atoms with Crippen molar-refractivity contribution in [1.29, 1.82) is 0 Å². The molecule has 188 valence electrons. The maximum atomic E-state index is 13.2. The molecule has 36 heavy (non-hydrogen) atoms. The fourth-order valence-corrected chi connectivity index (χ4v) is 4.81. The Morgan fingerprint density at radius 1 is 0.833 bits per heavy atom. The van der Waals surface area contributed by atoms with Crippen LogP contribution in [-0.2, 0) is 9.59 Å². The molecule has 0 radical (unpaired) electrons. The van der Waals surface area contributed by atoms with Crippen LogP contribution in [-0.4, -0.2) is 87.7 Å². The predicted molar refractivity (Wildman–Crippen MR) is 134 cm³/mol. The minimum absolute atomic E-state index is 0.0317. The number of benzene rings is 2. The highest BCUT2D eigenvalue weighted by Crippen LogP contribution is 2.23. The van der Waals surface area contributed by atoms with Crippen molar-refractivity contribution >= 4 is 17.8 Å². The summed E-state index contributed by atoms with van der Waals surface area (Å²) in [6.07, 6.45) is 1.76. The second kappa shape index (κ2) is 11.2. The number of nitrogens with zero attached hydrogens (tertiary/aromatic N) is 7. The zero-order chi connectivity index (χ0) is 24.7. The van der Waals surface area contributed by atoms with Crippen LogP contribution < -0.4 is 9.64 Å². The first-order chi connectivity index (χ1) is 17.7. The Morgan fingerprint density at radius 2 is 1.50 bits per heavy atom. The molecule has 2 aliphatic heterocycles. The molecule has 3 aromatic rings. The van der Waals surface area contributed by atoms with Crippen LogP contribution in [0, 0.1) is 5.92 Å². The first kappa shape index (κ1) is 23.8. The number of para-hydroxylation sites is 2. The first-order valence-corrected chi connectivity index (χ1v) is 12.5. The number of carbonyl (C=O) groups excluding carboxylic acids is 2. The lowest BCUT2D eigenvalue weighted by atomic mass is 9.94. The average molecular weight is 490 g/mol. The molecule has 2 aliphatic rings. The highest BCUT2D eigenvalue weighted by atomic mass is 16.5. The summed E-state index contributed by atoms with van der Waals surface area (Å²) in [7, 11) is 0. The Bertz CT molecular complexity index is 1140. The molecular formula is C26H31N7O3. The van der Waals surface area contributed by atoms with E-state index in [1.54, 1.807) is 4.68 Å². The Balaban J connectivity index is 1.06. The molecule has 0 spiro atoms. The molecule has 0 aliphatic carbocycles. The van der Waals surface area contributed by atoms with Crippen LogP contribution in [0.15, 0.2) is 60.7 Å². The third-order valence-corrected chi connectivity index (χ3v) is 6.85. The molecule has 0 atom stereocenters. The van der Waals surface area contributed by atoms with E-state index in [0.29, 0.717) is 71.1 Å². The lowest BCUT2D eigenvalue weighted by Gasteiger charge is -2.38. The second-order valence-electron chi connectivity index (χ2n) is 9.11. The van der Waals surface area contributed by atoms with Crippen molar-refractivity contribution in [2.75, 3.05) is 50.8 Å². The van der Waals surface area contributed by atoms with Crippen molar-refractivity contribution < 1.29 is 14.3 Å². The van der Waals surface area contributed by atoms with Gasteiger partial charge in [0.05, 0.1) is 18.7 Å². The van der Waals surface area contributed by atoms with Gasteiger partial charge in [0.2, 0.25) is 17.8 Å². The molecule has 5 rings (SSSR count). The van der Waals surface area contributed by atoms with Gasteiger partial charge in [-0.05, 0) is 47.5 Å². The van der Waals surface area contributed by atoms with Crippen LogP contribution in [0.25, 0.3) is 5.69 Å². The van der Waals surface area contributed by atoms with Crippen molar-refractivity contribution in [3.05, 3.63) is 60.7 Å². The molecule has 1 aromatic heterocycles. The number of hydrogen-bond acceptors (Lipinski definition) is 7. The Hall–Kier alpha value is -3.95. The van der Waals surface area contributed by atoms with Gasteiger partial charge in [-0.2, -0.15) is 4.68 Å². The number of ether oxygens (including phenoxy) is 1. The van der Waals surface area contributed by atoms with E-state index in [2.05, 4.69) is 20.4 Å². The van der Waals surface area contributed by atoms with E-state index in [1.807, 2.05) is 70.5 Å². The zero-order valence-corrected chi connectivity index (χ0v) is 20.3. The van der Waals surface area contributed by atoms with E-state index in [-0.39, 0.29) is 17.7 Å². The quantitative estimate of drug-likeness (QED) is 0.501. The van der Waals surface area contributed by atoms with Gasteiger partial charge in [0.25, 0.3) is 0 Å². The van der Waals surface area contributed by atoms with Crippen molar-refractivity contribution in [3.63, 3.8) is 0 Å². The predicted octanol–water partition coefficient (Wildman–Crippen LogP) is 2.02. The van der Waals surface area contributed by atoms with E-state index >= 15 is 0 Å². The van der Waals surface area contributed by atoms with Crippen LogP contribution in [0.1, 0.15) is 19.3 Å². The van der Waals surface area contributed by atoms with Crippen molar-refractivity contribution in [1.82, 2.24) is 30.0 Å². The monoisotopic (exact) mass is 489 g/mol. The number of piperidine rings is 1. The molecule has 0 saturated carbocycles. The summed E-state index contributed by atoms with van der Waals surface area (Å²) in [6, 6.07) is 19.3. The van der Waals surface area contributed by atoms with E-state index < -0.39 is 0 Å². The van der Waals surface area contributed by atoms with Gasteiger partial charge in [0.1, 0.15) is 5.75 Å². The second-order valence-corrected chi connectivity index (χ2v) is 9.11. The maximum Gasteiger partial charge on any atom is 0.250 e. The van der Waals surface area contributed by atoms with Gasteiger partial charge >= 0.3 is 0 Å². The highest BCUT2D eigenvalue weighted by Gasteiger charge is 2.32. The number of piperazine rings is 1. The fourth-order valence-electron chi connectivity index (χ4n) is 4.81. The summed E-state index contributed by atoms with van der Waals surface area (Å²) < 4.78 is 7.38. The number of amides is 2. The molecule has 2 fully saturated rings. The number of tetrazole rings is 1. The molecule has 2 aromatic carbocycles. The highest BCUT2D eigenvalue weighted by molar-refractivity contribution is 5.80. The average Bonchev–Trinajstić information content (AvgIpc) is 3.44. The van der Waals surface area contributed by atoms with Gasteiger partial charge in [-0.1, -0.05) is 41.5 Å². The topological polar surface area (TPSA) is 96.7 Å². The largest absolute Gasteiger partial charge is 0.493 e. The molecule has 0 unspecified atom stereocenters. The first-order valence-electron chi connectivity index (χ1n) is 12.5.